The van der Waals surface area contributed by atoms with E-state index in [-0.39, 0.29) is 5.91 Å². The summed E-state index contributed by atoms with van der Waals surface area (Å²) in [4.78, 5) is 14.8. The van der Waals surface area contributed by atoms with Crippen LogP contribution >= 0.6 is 9.24 Å². The zero-order valence-corrected chi connectivity index (χ0v) is 14.0. The van der Waals surface area contributed by atoms with Crippen LogP contribution in [0, 0.1) is 12.8 Å². The van der Waals surface area contributed by atoms with E-state index in [1.54, 1.807) is 0 Å². The minimum atomic E-state index is 0.0555. The van der Waals surface area contributed by atoms with Gasteiger partial charge in [-0.1, -0.05) is 44.2 Å². The molecule has 1 unspecified atom stereocenters. The van der Waals surface area contributed by atoms with Gasteiger partial charge < -0.3 is 4.90 Å². The lowest BCUT2D eigenvalue weighted by molar-refractivity contribution is 0.0985. The second-order valence-electron chi connectivity index (χ2n) is 5.74. The van der Waals surface area contributed by atoms with Gasteiger partial charge in [0.15, 0.2) is 0 Å². The molecule has 2 aromatic carbocycles. The molecule has 0 aromatic heterocycles. The van der Waals surface area contributed by atoms with Crippen molar-refractivity contribution in [2.75, 3.05) is 11.4 Å². The number of rotatable bonds is 4. The smallest absolute Gasteiger partial charge is 0.258 e. The van der Waals surface area contributed by atoms with Crippen LogP contribution in [0.2, 0.25) is 0 Å². The number of aryl methyl sites for hydroxylation is 1. The fourth-order valence-corrected chi connectivity index (χ4v) is 2.63. The van der Waals surface area contributed by atoms with Crippen molar-refractivity contribution in [3.05, 3.63) is 59.7 Å². The van der Waals surface area contributed by atoms with Gasteiger partial charge in [0.05, 0.1) is 0 Å². The van der Waals surface area contributed by atoms with Crippen molar-refractivity contribution in [3.8, 4) is 0 Å². The molecule has 1 atom stereocenters. The van der Waals surface area contributed by atoms with E-state index in [9.17, 15) is 4.79 Å². The number of hydrogen-bond acceptors (Lipinski definition) is 1. The topological polar surface area (TPSA) is 20.3 Å². The van der Waals surface area contributed by atoms with E-state index >= 15 is 0 Å². The molecule has 2 nitrogen and oxygen atoms in total. The highest BCUT2D eigenvalue weighted by Crippen LogP contribution is 2.20. The van der Waals surface area contributed by atoms with Crippen LogP contribution in [0.25, 0.3) is 0 Å². The molecule has 0 saturated heterocycles. The quantitative estimate of drug-likeness (QED) is 0.786. The summed E-state index contributed by atoms with van der Waals surface area (Å²) in [6.07, 6.45) is 0. The van der Waals surface area contributed by atoms with Crippen LogP contribution in [0.15, 0.2) is 48.5 Å². The molecule has 0 N–H and O–H groups in total. The van der Waals surface area contributed by atoms with E-state index in [2.05, 4.69) is 29.2 Å². The van der Waals surface area contributed by atoms with E-state index in [1.807, 2.05) is 54.3 Å². The molecule has 0 heterocycles. The molecule has 0 radical (unpaired) electrons. The van der Waals surface area contributed by atoms with Crippen LogP contribution in [0.5, 0.6) is 0 Å². The monoisotopic (exact) mass is 299 g/mol. The van der Waals surface area contributed by atoms with Gasteiger partial charge in [0.2, 0.25) is 0 Å². The summed E-state index contributed by atoms with van der Waals surface area (Å²) in [6.45, 7) is 7.01. The molecule has 21 heavy (non-hydrogen) atoms. The Kier molecular flexibility index (Phi) is 5.14. The lowest BCUT2D eigenvalue weighted by Gasteiger charge is -2.26. The summed E-state index contributed by atoms with van der Waals surface area (Å²) in [6, 6.07) is 15.8. The molecule has 2 rings (SSSR count). The summed E-state index contributed by atoms with van der Waals surface area (Å²) in [5, 5.41) is 0.934. The zero-order valence-electron chi connectivity index (χ0n) is 12.8. The first-order chi connectivity index (χ1) is 9.99. The van der Waals surface area contributed by atoms with Gasteiger partial charge in [0, 0.05) is 17.8 Å². The second-order valence-corrected chi connectivity index (χ2v) is 6.36. The maximum absolute atomic E-state index is 12.9. The fourth-order valence-electron chi connectivity index (χ4n) is 2.30. The van der Waals surface area contributed by atoms with Crippen LogP contribution in [0.3, 0.4) is 0 Å². The summed E-state index contributed by atoms with van der Waals surface area (Å²) >= 11 is 0. The molecule has 0 aliphatic heterocycles. The van der Waals surface area contributed by atoms with Gasteiger partial charge in [0.25, 0.3) is 5.91 Å². The third-order valence-corrected chi connectivity index (χ3v) is 3.80. The predicted molar refractivity (Wildman–Crippen MR) is 93.5 cm³/mol. The number of carbonyl (C=O) groups is 1. The van der Waals surface area contributed by atoms with E-state index in [1.165, 1.54) is 0 Å². The third kappa shape index (κ3) is 3.92. The average Bonchev–Trinajstić information content (AvgIpc) is 2.44. The molecule has 3 heteroatoms. The SMILES string of the molecule is Cc1cccc(N(CC(C)C)C(=O)c2ccccc2P)c1. The van der Waals surface area contributed by atoms with E-state index in [0.29, 0.717) is 12.5 Å². The lowest BCUT2D eigenvalue weighted by atomic mass is 10.1. The van der Waals surface area contributed by atoms with Crippen LogP contribution in [0.4, 0.5) is 5.69 Å². The summed E-state index contributed by atoms with van der Waals surface area (Å²) < 4.78 is 0. The van der Waals surface area contributed by atoms with Gasteiger partial charge in [0.1, 0.15) is 0 Å². The van der Waals surface area contributed by atoms with Crippen molar-refractivity contribution in [2.24, 2.45) is 5.92 Å². The lowest BCUT2D eigenvalue weighted by Crippen LogP contribution is -2.36. The Hall–Kier alpha value is -1.66. The minimum Gasteiger partial charge on any atom is -0.308 e. The molecule has 2 aromatic rings. The summed E-state index contributed by atoms with van der Waals surface area (Å²) in [5.41, 5.74) is 2.86. The van der Waals surface area contributed by atoms with Crippen molar-refractivity contribution in [2.45, 2.75) is 20.8 Å². The highest BCUT2D eigenvalue weighted by Gasteiger charge is 2.20. The molecule has 1 amide bonds. The van der Waals surface area contributed by atoms with Gasteiger partial charge in [-0.3, -0.25) is 4.79 Å². The average molecular weight is 299 g/mol. The van der Waals surface area contributed by atoms with Crippen molar-refractivity contribution in [3.63, 3.8) is 0 Å². The van der Waals surface area contributed by atoms with Gasteiger partial charge in [-0.15, -0.1) is 9.24 Å². The molecule has 0 bridgehead atoms. The molecule has 0 spiro atoms. The van der Waals surface area contributed by atoms with Crippen molar-refractivity contribution >= 4 is 26.1 Å². The molecule has 110 valence electrons. The Labute approximate surface area is 129 Å². The number of hydrogen-bond donors (Lipinski definition) is 0. The maximum atomic E-state index is 12.9. The molecule has 0 aliphatic carbocycles. The number of anilines is 1. The van der Waals surface area contributed by atoms with Crippen molar-refractivity contribution in [1.82, 2.24) is 0 Å². The van der Waals surface area contributed by atoms with Gasteiger partial charge >= 0.3 is 0 Å². The Morgan fingerprint density at radius 3 is 2.48 bits per heavy atom. The zero-order chi connectivity index (χ0) is 15.4. The predicted octanol–water partition coefficient (Wildman–Crippen LogP) is 3.80. The largest absolute Gasteiger partial charge is 0.308 e. The van der Waals surface area contributed by atoms with Crippen LogP contribution < -0.4 is 10.2 Å². The summed E-state index contributed by atoms with van der Waals surface area (Å²) in [7, 11) is 2.64. The normalized spacial score (nSPS) is 10.7. The summed E-state index contributed by atoms with van der Waals surface area (Å²) in [5.74, 6) is 0.464. The highest BCUT2D eigenvalue weighted by molar-refractivity contribution is 7.27. The molecule has 0 fully saturated rings. The second kappa shape index (κ2) is 6.87. The molecule has 0 aliphatic rings. The highest BCUT2D eigenvalue weighted by atomic mass is 31.0. The number of carbonyl (C=O) groups excluding carboxylic acids is 1. The number of nitrogens with zero attached hydrogens (tertiary/aromatic N) is 1. The van der Waals surface area contributed by atoms with Gasteiger partial charge in [-0.25, -0.2) is 0 Å². The Balaban J connectivity index is 2.41. The van der Waals surface area contributed by atoms with E-state index in [0.717, 1.165) is 22.1 Å². The maximum Gasteiger partial charge on any atom is 0.258 e. The van der Waals surface area contributed by atoms with Gasteiger partial charge in [-0.2, -0.15) is 0 Å². The molecular weight excluding hydrogens is 277 g/mol. The van der Waals surface area contributed by atoms with Crippen LogP contribution in [-0.4, -0.2) is 12.5 Å². The van der Waals surface area contributed by atoms with Crippen LogP contribution in [-0.2, 0) is 0 Å². The Bertz CT molecular complexity index is 637. The molecular formula is C18H22NOP. The third-order valence-electron chi connectivity index (χ3n) is 3.30. The van der Waals surface area contributed by atoms with E-state index < -0.39 is 0 Å². The Morgan fingerprint density at radius 1 is 1.14 bits per heavy atom. The molecule has 0 saturated carbocycles. The van der Waals surface area contributed by atoms with Crippen LogP contribution in [0.1, 0.15) is 29.8 Å². The van der Waals surface area contributed by atoms with Crippen molar-refractivity contribution < 1.29 is 4.79 Å². The van der Waals surface area contributed by atoms with Crippen molar-refractivity contribution in [1.29, 1.82) is 0 Å². The minimum absolute atomic E-state index is 0.0555. The van der Waals surface area contributed by atoms with Gasteiger partial charge in [-0.05, 0) is 41.9 Å². The first-order valence-electron chi connectivity index (χ1n) is 7.22. The first-order valence-corrected chi connectivity index (χ1v) is 7.80. The number of benzene rings is 2. The standard InChI is InChI=1S/C18H22NOP/c1-13(2)12-19(15-8-6-7-14(3)11-15)18(20)16-9-4-5-10-17(16)21/h4-11,13H,12,21H2,1-3H3. The fraction of sp³-hybridized carbons (Fsp3) is 0.278. The Morgan fingerprint density at radius 2 is 1.86 bits per heavy atom. The van der Waals surface area contributed by atoms with E-state index in [4.69, 9.17) is 0 Å². The number of amides is 1. The first kappa shape index (κ1) is 15.7.